The van der Waals surface area contributed by atoms with Crippen LogP contribution in [0.15, 0.2) is 29.2 Å². The molecule has 2 rings (SSSR count). The molecule has 1 N–H and O–H groups in total. The van der Waals surface area contributed by atoms with Crippen LogP contribution in [0.3, 0.4) is 0 Å². The number of carboxylic acids is 1. The van der Waals surface area contributed by atoms with Gasteiger partial charge in [-0.25, -0.2) is 4.79 Å². The van der Waals surface area contributed by atoms with E-state index in [0.29, 0.717) is 18.7 Å². The highest BCUT2D eigenvalue weighted by atomic mass is 32.2. The van der Waals surface area contributed by atoms with Crippen molar-refractivity contribution in [2.75, 3.05) is 12.3 Å². The number of hydrogen-bond donors (Lipinski definition) is 1. The summed E-state index contributed by atoms with van der Waals surface area (Å²) >= 11 is 1.64. The fourth-order valence-corrected chi connectivity index (χ4v) is 3.78. The quantitative estimate of drug-likeness (QED) is 0.846. The molecule has 1 heterocycles. The number of likely N-dealkylation sites (tertiary alicyclic amines) is 1. The molecule has 0 radical (unpaired) electrons. The molecule has 1 unspecified atom stereocenters. The topological polar surface area (TPSA) is 57.6 Å². The van der Waals surface area contributed by atoms with Gasteiger partial charge in [-0.15, -0.1) is 11.8 Å². The first-order valence-corrected chi connectivity index (χ1v) is 8.53. The van der Waals surface area contributed by atoms with E-state index in [-0.39, 0.29) is 5.91 Å². The van der Waals surface area contributed by atoms with Gasteiger partial charge in [0.05, 0.1) is 5.41 Å². The van der Waals surface area contributed by atoms with Crippen molar-refractivity contribution in [3.05, 3.63) is 29.8 Å². The van der Waals surface area contributed by atoms with E-state index in [1.54, 1.807) is 16.7 Å². The Hall–Kier alpha value is -1.49. The van der Waals surface area contributed by atoms with Gasteiger partial charge in [0, 0.05) is 17.2 Å². The number of hydrogen-bond acceptors (Lipinski definition) is 3. The molecule has 1 amide bonds. The molecule has 4 nitrogen and oxygen atoms in total. The maximum absolute atomic E-state index is 12.7. The molecule has 0 aliphatic carbocycles. The fourth-order valence-electron chi connectivity index (χ4n) is 2.69. The average molecular weight is 321 g/mol. The normalized spacial score (nSPS) is 18.5. The smallest absolute Gasteiger partial charge is 0.326 e. The van der Waals surface area contributed by atoms with Gasteiger partial charge in [-0.1, -0.05) is 31.5 Å². The Balaban J connectivity index is 2.02. The lowest BCUT2D eigenvalue weighted by molar-refractivity contribution is -0.151. The number of thioether (sulfide) groups is 1. The molecule has 0 spiro atoms. The van der Waals surface area contributed by atoms with E-state index < -0.39 is 17.4 Å². The molecule has 1 aromatic carbocycles. The second-order valence-corrected chi connectivity index (χ2v) is 7.53. The third kappa shape index (κ3) is 3.83. The highest BCUT2D eigenvalue weighted by molar-refractivity contribution is 7.99. The Morgan fingerprint density at radius 2 is 2.14 bits per heavy atom. The average Bonchev–Trinajstić information content (AvgIpc) is 2.94. The number of benzene rings is 1. The van der Waals surface area contributed by atoms with E-state index in [4.69, 9.17) is 0 Å². The van der Waals surface area contributed by atoms with Crippen molar-refractivity contribution >= 4 is 23.6 Å². The summed E-state index contributed by atoms with van der Waals surface area (Å²) in [6, 6.07) is 7.53. The van der Waals surface area contributed by atoms with Gasteiger partial charge in [-0.2, -0.15) is 0 Å². The number of carbonyl (C=O) groups is 2. The summed E-state index contributed by atoms with van der Waals surface area (Å²) in [7, 11) is 0. The molecule has 22 heavy (non-hydrogen) atoms. The van der Waals surface area contributed by atoms with Crippen LogP contribution in [0.25, 0.3) is 0 Å². The zero-order valence-corrected chi connectivity index (χ0v) is 14.2. The molecule has 1 atom stereocenters. The number of aliphatic carboxylic acids is 1. The van der Waals surface area contributed by atoms with Crippen LogP contribution in [-0.2, 0) is 9.59 Å². The lowest BCUT2D eigenvalue weighted by Gasteiger charge is -2.31. The van der Waals surface area contributed by atoms with E-state index in [1.807, 2.05) is 39.0 Å². The van der Waals surface area contributed by atoms with Crippen LogP contribution in [-0.4, -0.2) is 40.2 Å². The summed E-state index contributed by atoms with van der Waals surface area (Å²) in [6.07, 6.45) is 1.33. The summed E-state index contributed by atoms with van der Waals surface area (Å²) in [4.78, 5) is 26.7. The number of nitrogens with zero attached hydrogens (tertiary/aromatic N) is 1. The third-order valence-corrected chi connectivity index (χ3v) is 5.42. The lowest BCUT2D eigenvalue weighted by atomic mass is 9.94. The Kier molecular flexibility index (Phi) is 5.16. The zero-order chi connectivity index (χ0) is 16.3. The first kappa shape index (κ1) is 16.9. The molecule has 1 aliphatic heterocycles. The molecule has 0 aromatic heterocycles. The van der Waals surface area contributed by atoms with Crippen molar-refractivity contribution in [2.24, 2.45) is 5.41 Å². The molecule has 0 bridgehead atoms. The van der Waals surface area contributed by atoms with Crippen LogP contribution >= 0.6 is 11.8 Å². The van der Waals surface area contributed by atoms with Gasteiger partial charge in [-0.05, 0) is 31.9 Å². The number of carbonyl (C=O) groups excluding carboxylic acids is 1. The first-order chi connectivity index (χ1) is 10.3. The molecule has 1 aromatic rings. The van der Waals surface area contributed by atoms with E-state index in [2.05, 4.69) is 6.07 Å². The second kappa shape index (κ2) is 6.73. The number of rotatable bonds is 5. The minimum atomic E-state index is -0.895. The lowest BCUT2D eigenvalue weighted by Crippen LogP contribution is -2.47. The maximum atomic E-state index is 12.7. The molecule has 0 saturated carbocycles. The summed E-state index contributed by atoms with van der Waals surface area (Å²) < 4.78 is 0. The van der Waals surface area contributed by atoms with Gasteiger partial charge in [0.1, 0.15) is 6.04 Å². The molecular weight excluding hydrogens is 298 g/mol. The van der Waals surface area contributed by atoms with Crippen molar-refractivity contribution < 1.29 is 14.7 Å². The van der Waals surface area contributed by atoms with Crippen molar-refractivity contribution in [1.29, 1.82) is 0 Å². The van der Waals surface area contributed by atoms with Crippen molar-refractivity contribution in [1.82, 2.24) is 4.90 Å². The van der Waals surface area contributed by atoms with Crippen molar-refractivity contribution in [3.8, 4) is 0 Å². The van der Waals surface area contributed by atoms with Gasteiger partial charge >= 0.3 is 5.97 Å². The van der Waals surface area contributed by atoms with E-state index >= 15 is 0 Å². The zero-order valence-electron chi connectivity index (χ0n) is 13.3. The third-order valence-electron chi connectivity index (χ3n) is 3.97. The number of aryl methyl sites for hydroxylation is 1. The highest BCUT2D eigenvalue weighted by Crippen LogP contribution is 2.32. The minimum Gasteiger partial charge on any atom is -0.480 e. The van der Waals surface area contributed by atoms with Gasteiger partial charge < -0.3 is 10.0 Å². The fraction of sp³-hybridized carbons (Fsp3) is 0.529. The predicted molar refractivity (Wildman–Crippen MR) is 88.1 cm³/mol. The van der Waals surface area contributed by atoms with Gasteiger partial charge in [0.15, 0.2) is 0 Å². The van der Waals surface area contributed by atoms with Gasteiger partial charge in [0.2, 0.25) is 5.91 Å². The molecule has 1 fully saturated rings. The van der Waals surface area contributed by atoms with Crippen LogP contribution in [0.2, 0.25) is 0 Å². The SMILES string of the molecule is Cc1cccc(SCC(C)(C)C(=O)N2CCCC2C(=O)O)c1. The van der Waals surface area contributed by atoms with E-state index in [9.17, 15) is 14.7 Å². The standard InChI is InChI=1S/C17H23NO3S/c1-12-6-4-7-13(10-12)22-11-17(2,3)16(21)18-9-5-8-14(18)15(19)20/h4,6-7,10,14H,5,8-9,11H2,1-3H3,(H,19,20). The summed E-state index contributed by atoms with van der Waals surface area (Å²) in [5.74, 6) is -0.316. The first-order valence-electron chi connectivity index (χ1n) is 7.54. The van der Waals surface area contributed by atoms with Crippen LogP contribution in [0.4, 0.5) is 0 Å². The monoisotopic (exact) mass is 321 g/mol. The van der Waals surface area contributed by atoms with Crippen molar-refractivity contribution in [2.45, 2.75) is 44.6 Å². The molecule has 5 heteroatoms. The number of carboxylic acid groups (broad SMARTS) is 1. The van der Waals surface area contributed by atoms with E-state index in [1.165, 1.54) is 5.56 Å². The van der Waals surface area contributed by atoms with Gasteiger partial charge in [0.25, 0.3) is 0 Å². The highest BCUT2D eigenvalue weighted by Gasteiger charge is 2.40. The Morgan fingerprint density at radius 1 is 1.41 bits per heavy atom. The maximum Gasteiger partial charge on any atom is 0.326 e. The Bertz CT molecular complexity index is 571. The minimum absolute atomic E-state index is 0.0578. The van der Waals surface area contributed by atoms with Crippen LogP contribution < -0.4 is 0 Å². The van der Waals surface area contributed by atoms with E-state index in [0.717, 1.165) is 11.3 Å². The summed E-state index contributed by atoms with van der Waals surface area (Å²) in [5.41, 5.74) is 0.617. The molecular formula is C17H23NO3S. The van der Waals surface area contributed by atoms with Crippen molar-refractivity contribution in [3.63, 3.8) is 0 Å². The van der Waals surface area contributed by atoms with Crippen LogP contribution in [0.5, 0.6) is 0 Å². The predicted octanol–water partition coefficient (Wildman–Crippen LogP) is 3.19. The largest absolute Gasteiger partial charge is 0.480 e. The number of amides is 1. The van der Waals surface area contributed by atoms with Gasteiger partial charge in [-0.3, -0.25) is 4.79 Å². The summed E-state index contributed by atoms with van der Waals surface area (Å²) in [5, 5.41) is 9.24. The Morgan fingerprint density at radius 3 is 2.77 bits per heavy atom. The van der Waals surface area contributed by atoms with Crippen LogP contribution in [0.1, 0.15) is 32.3 Å². The second-order valence-electron chi connectivity index (χ2n) is 6.48. The van der Waals surface area contributed by atoms with Crippen LogP contribution in [0, 0.1) is 12.3 Å². The molecule has 1 saturated heterocycles. The molecule has 120 valence electrons. The molecule has 1 aliphatic rings. The summed E-state index contributed by atoms with van der Waals surface area (Å²) in [6.45, 7) is 6.39. The Labute approximate surface area is 135 Å².